The molecule has 4 atom stereocenters. The van der Waals surface area contributed by atoms with Crippen LogP contribution in [-0.4, -0.2) is 0 Å². The summed E-state index contributed by atoms with van der Waals surface area (Å²) in [5, 5.41) is 9.05. The van der Waals surface area contributed by atoms with Crippen LogP contribution < -0.4 is 0 Å². The van der Waals surface area contributed by atoms with Gasteiger partial charge in [-0.25, -0.2) is 0 Å². The first kappa shape index (κ1) is 22.9. The molecule has 0 N–H and O–H groups in total. The van der Waals surface area contributed by atoms with Crippen LogP contribution in [-0.2, 0) is 0 Å². The molecule has 0 amide bonds. The van der Waals surface area contributed by atoms with Gasteiger partial charge in [0.2, 0.25) is 0 Å². The van der Waals surface area contributed by atoms with Gasteiger partial charge in [-0.2, -0.15) is 5.26 Å². The van der Waals surface area contributed by atoms with Crippen LogP contribution in [0.15, 0.2) is 24.3 Å². The number of nitriles is 1. The van der Waals surface area contributed by atoms with E-state index in [9.17, 15) is 0 Å². The van der Waals surface area contributed by atoms with Crippen LogP contribution in [0.2, 0.25) is 0 Å². The summed E-state index contributed by atoms with van der Waals surface area (Å²) in [5.74, 6) is 5.83. The van der Waals surface area contributed by atoms with Crippen LogP contribution in [0.3, 0.4) is 0 Å². The Bertz CT molecular complexity index is 690. The molecule has 0 saturated heterocycles. The van der Waals surface area contributed by atoms with E-state index in [0.29, 0.717) is 0 Å². The number of unbranched alkanes of at least 4 members (excludes halogenated alkanes) is 2. The number of benzene rings is 1. The molecule has 4 unspecified atom stereocenters. The zero-order valence-corrected chi connectivity index (χ0v) is 20.0. The highest BCUT2D eigenvalue weighted by molar-refractivity contribution is 5.33. The molecule has 0 aromatic heterocycles. The minimum atomic E-state index is 0.734. The quantitative estimate of drug-likeness (QED) is 0.385. The van der Waals surface area contributed by atoms with Crippen molar-refractivity contribution < 1.29 is 0 Å². The second kappa shape index (κ2) is 11.5. The van der Waals surface area contributed by atoms with Crippen LogP contribution in [0.1, 0.15) is 127 Å². The van der Waals surface area contributed by atoms with Gasteiger partial charge in [-0.05, 0) is 85.3 Å². The Labute approximate surface area is 192 Å². The van der Waals surface area contributed by atoms with Crippen molar-refractivity contribution in [3.8, 4) is 6.07 Å². The molecule has 3 saturated carbocycles. The van der Waals surface area contributed by atoms with E-state index in [4.69, 9.17) is 5.26 Å². The van der Waals surface area contributed by atoms with Crippen molar-refractivity contribution >= 4 is 0 Å². The molecule has 1 aromatic carbocycles. The second-order valence-electron chi connectivity index (χ2n) is 11.4. The number of hydrogen-bond donors (Lipinski definition) is 0. The average Bonchev–Trinajstić information content (AvgIpc) is 2.83. The smallest absolute Gasteiger partial charge is 0.0991 e. The van der Waals surface area contributed by atoms with Gasteiger partial charge in [0.25, 0.3) is 0 Å². The lowest BCUT2D eigenvalue weighted by atomic mass is 9.63. The second-order valence-corrected chi connectivity index (χ2v) is 11.4. The van der Waals surface area contributed by atoms with Gasteiger partial charge in [-0.3, -0.25) is 0 Å². The Morgan fingerprint density at radius 3 is 2.03 bits per heavy atom. The summed E-state index contributed by atoms with van der Waals surface area (Å²) in [6.45, 7) is 2.32. The fourth-order valence-corrected chi connectivity index (χ4v) is 7.34. The molecule has 0 heterocycles. The average molecular weight is 420 g/mol. The zero-order valence-electron chi connectivity index (χ0n) is 20.0. The normalized spacial score (nSPS) is 33.4. The SMILES string of the molecule is CCCCCC1CCC(CCC2CCC3CC(c4ccc(C#N)cc4)CCC3C2)CC1. The summed E-state index contributed by atoms with van der Waals surface area (Å²) in [6, 6.07) is 10.7. The first-order valence-electron chi connectivity index (χ1n) is 13.7. The molecule has 0 spiro atoms. The molecule has 0 aliphatic heterocycles. The maximum atomic E-state index is 9.05. The maximum absolute atomic E-state index is 9.05. The summed E-state index contributed by atoms with van der Waals surface area (Å²) in [4.78, 5) is 0. The standard InChI is InChI=1S/C30H45N/c1-2-3-4-5-23-6-8-24(9-7-23)10-11-25-12-17-30-21-29(19-18-28(30)20-25)27-15-13-26(22-31)14-16-27/h13-16,23-25,28-30H,2-12,17-21H2,1H3. The van der Waals surface area contributed by atoms with E-state index < -0.39 is 0 Å². The molecule has 0 bridgehead atoms. The third-order valence-corrected chi connectivity index (χ3v) is 9.40. The van der Waals surface area contributed by atoms with Crippen molar-refractivity contribution in [2.45, 2.75) is 116 Å². The molecule has 3 aliphatic rings. The third-order valence-electron chi connectivity index (χ3n) is 9.40. The molecule has 1 nitrogen and oxygen atoms in total. The van der Waals surface area contributed by atoms with Gasteiger partial charge in [-0.1, -0.05) is 89.7 Å². The summed E-state index contributed by atoms with van der Waals surface area (Å²) in [7, 11) is 0. The molecule has 3 aliphatic carbocycles. The first-order chi connectivity index (χ1) is 15.2. The molecule has 3 fully saturated rings. The van der Waals surface area contributed by atoms with Crippen LogP contribution in [0.4, 0.5) is 0 Å². The lowest BCUT2D eigenvalue weighted by Crippen LogP contribution is -2.30. The molecular weight excluding hydrogens is 374 g/mol. The fourth-order valence-electron chi connectivity index (χ4n) is 7.34. The van der Waals surface area contributed by atoms with E-state index in [1.54, 1.807) is 0 Å². The van der Waals surface area contributed by atoms with E-state index in [1.807, 2.05) is 12.1 Å². The Morgan fingerprint density at radius 1 is 0.710 bits per heavy atom. The summed E-state index contributed by atoms with van der Waals surface area (Å²) < 4.78 is 0. The topological polar surface area (TPSA) is 23.8 Å². The Morgan fingerprint density at radius 2 is 1.32 bits per heavy atom. The Balaban J connectivity index is 1.16. The van der Waals surface area contributed by atoms with Crippen LogP contribution in [0.5, 0.6) is 0 Å². The summed E-state index contributed by atoms with van der Waals surface area (Å²) in [6.07, 6.45) is 23.7. The van der Waals surface area contributed by atoms with Gasteiger partial charge in [0, 0.05) is 0 Å². The molecule has 4 rings (SSSR count). The van der Waals surface area contributed by atoms with Gasteiger partial charge in [0.05, 0.1) is 11.6 Å². The van der Waals surface area contributed by atoms with Crippen molar-refractivity contribution in [2.24, 2.45) is 29.6 Å². The van der Waals surface area contributed by atoms with Crippen molar-refractivity contribution in [2.75, 3.05) is 0 Å². The van der Waals surface area contributed by atoms with Crippen molar-refractivity contribution in [1.29, 1.82) is 5.26 Å². The highest BCUT2D eigenvalue weighted by Crippen LogP contribution is 2.49. The number of nitrogens with zero attached hydrogens (tertiary/aromatic N) is 1. The Kier molecular flexibility index (Phi) is 8.52. The van der Waals surface area contributed by atoms with E-state index in [1.165, 1.54) is 108 Å². The van der Waals surface area contributed by atoms with Crippen LogP contribution in [0, 0.1) is 40.9 Å². The highest BCUT2D eigenvalue weighted by atomic mass is 14.4. The van der Waals surface area contributed by atoms with Crippen LogP contribution >= 0.6 is 0 Å². The molecule has 0 radical (unpaired) electrons. The monoisotopic (exact) mass is 419 g/mol. The number of rotatable bonds is 8. The van der Waals surface area contributed by atoms with E-state index in [-0.39, 0.29) is 0 Å². The lowest BCUT2D eigenvalue weighted by molar-refractivity contribution is 0.108. The summed E-state index contributed by atoms with van der Waals surface area (Å²) >= 11 is 0. The largest absolute Gasteiger partial charge is 0.192 e. The molecule has 170 valence electrons. The zero-order chi connectivity index (χ0) is 21.5. The van der Waals surface area contributed by atoms with Crippen LogP contribution in [0.25, 0.3) is 0 Å². The molecule has 1 heteroatoms. The minimum Gasteiger partial charge on any atom is -0.192 e. The first-order valence-corrected chi connectivity index (χ1v) is 13.7. The number of fused-ring (bicyclic) bond motifs is 1. The predicted octanol–water partition coefficient (Wildman–Crippen LogP) is 9.03. The van der Waals surface area contributed by atoms with Gasteiger partial charge >= 0.3 is 0 Å². The summed E-state index contributed by atoms with van der Waals surface area (Å²) in [5.41, 5.74) is 2.27. The van der Waals surface area contributed by atoms with Crippen molar-refractivity contribution in [1.82, 2.24) is 0 Å². The number of hydrogen-bond acceptors (Lipinski definition) is 1. The lowest BCUT2D eigenvalue weighted by Gasteiger charge is -2.43. The van der Waals surface area contributed by atoms with Crippen molar-refractivity contribution in [3.63, 3.8) is 0 Å². The third kappa shape index (κ3) is 6.37. The van der Waals surface area contributed by atoms with Gasteiger partial charge < -0.3 is 0 Å². The van der Waals surface area contributed by atoms with E-state index >= 15 is 0 Å². The van der Waals surface area contributed by atoms with Gasteiger partial charge in [0.15, 0.2) is 0 Å². The Hall–Kier alpha value is -1.29. The van der Waals surface area contributed by atoms with Gasteiger partial charge in [-0.15, -0.1) is 0 Å². The minimum absolute atomic E-state index is 0.734. The highest BCUT2D eigenvalue weighted by Gasteiger charge is 2.36. The fraction of sp³-hybridized carbons (Fsp3) is 0.767. The molecule has 31 heavy (non-hydrogen) atoms. The molecule has 1 aromatic rings. The van der Waals surface area contributed by atoms with E-state index in [0.717, 1.165) is 41.1 Å². The molecular formula is C30H45N. The van der Waals surface area contributed by atoms with Gasteiger partial charge in [0.1, 0.15) is 0 Å². The van der Waals surface area contributed by atoms with E-state index in [2.05, 4.69) is 25.1 Å². The van der Waals surface area contributed by atoms with Crippen molar-refractivity contribution in [3.05, 3.63) is 35.4 Å². The predicted molar refractivity (Wildman–Crippen MR) is 131 cm³/mol. The maximum Gasteiger partial charge on any atom is 0.0991 e.